The van der Waals surface area contributed by atoms with Crippen LogP contribution in [0.25, 0.3) is 0 Å². The van der Waals surface area contributed by atoms with Crippen molar-refractivity contribution in [3.8, 4) is 0 Å². The summed E-state index contributed by atoms with van der Waals surface area (Å²) in [5.74, 6) is 0.718. The molecule has 1 aromatic rings. The van der Waals surface area contributed by atoms with E-state index >= 15 is 0 Å². The fraction of sp³-hybridized carbons (Fsp3) is 0.600. The highest BCUT2D eigenvalue weighted by atomic mass is 16.3. The van der Waals surface area contributed by atoms with Gasteiger partial charge in [0.15, 0.2) is 0 Å². The fourth-order valence-electron chi connectivity index (χ4n) is 1.14. The molecule has 0 aliphatic carbocycles. The molecule has 1 N–H and O–H groups in total. The largest absolute Gasteiger partial charge is 0.396 e. The van der Waals surface area contributed by atoms with Crippen LogP contribution in [-0.4, -0.2) is 35.3 Å². The van der Waals surface area contributed by atoms with E-state index in [1.807, 2.05) is 24.3 Å². The average Bonchev–Trinajstić information content (AvgIpc) is 2.26. The number of aryl methyl sites for hydroxylation is 1. The van der Waals surface area contributed by atoms with Crippen molar-refractivity contribution in [1.29, 1.82) is 0 Å². The van der Waals surface area contributed by atoms with E-state index in [1.54, 1.807) is 0 Å². The van der Waals surface area contributed by atoms with Gasteiger partial charge in [-0.3, -0.25) is 0 Å². The van der Waals surface area contributed by atoms with Gasteiger partial charge in [-0.1, -0.05) is 6.92 Å². The summed E-state index contributed by atoms with van der Waals surface area (Å²) in [5.41, 5.74) is 1.14. The highest BCUT2D eigenvalue weighted by molar-refractivity contribution is 5.27. The molecule has 0 aliphatic heterocycles. The van der Waals surface area contributed by atoms with Gasteiger partial charge in [-0.2, -0.15) is 0 Å². The highest BCUT2D eigenvalue weighted by Gasteiger charge is 2.02. The van der Waals surface area contributed by atoms with Gasteiger partial charge in [-0.25, -0.2) is 9.97 Å². The van der Waals surface area contributed by atoms with Crippen LogP contribution in [0, 0.1) is 0 Å². The second-order valence-electron chi connectivity index (χ2n) is 3.24. The maximum Gasteiger partial charge on any atom is 0.224 e. The molecule has 0 unspecified atom stereocenters. The van der Waals surface area contributed by atoms with Gasteiger partial charge in [-0.15, -0.1) is 0 Å². The standard InChI is InChI=1S/C10H17N3O/c1-3-9-7-11-10(12-8-9)13(2)5-4-6-14/h7-8,14H,3-6H2,1-2H3. The minimum atomic E-state index is 0.206. The molecule has 1 rings (SSSR count). The average molecular weight is 195 g/mol. The molecule has 0 saturated heterocycles. The Hall–Kier alpha value is -1.16. The lowest BCUT2D eigenvalue weighted by atomic mass is 10.3. The molecule has 0 saturated carbocycles. The summed E-state index contributed by atoms with van der Waals surface area (Å²) in [6.45, 7) is 3.06. The number of aromatic nitrogens is 2. The summed E-state index contributed by atoms with van der Waals surface area (Å²) in [6, 6.07) is 0. The Kier molecular flexibility index (Phi) is 4.32. The maximum absolute atomic E-state index is 8.68. The molecule has 4 heteroatoms. The highest BCUT2D eigenvalue weighted by Crippen LogP contribution is 2.05. The molecule has 0 atom stereocenters. The molecule has 0 amide bonds. The van der Waals surface area contributed by atoms with Crippen LogP contribution >= 0.6 is 0 Å². The number of anilines is 1. The van der Waals surface area contributed by atoms with Crippen molar-refractivity contribution in [3.63, 3.8) is 0 Å². The summed E-state index contributed by atoms with van der Waals surface area (Å²) in [6.07, 6.45) is 5.39. The molecule has 0 fully saturated rings. The summed E-state index contributed by atoms with van der Waals surface area (Å²) in [5, 5.41) is 8.68. The Morgan fingerprint density at radius 1 is 1.36 bits per heavy atom. The zero-order valence-corrected chi connectivity index (χ0v) is 8.77. The van der Waals surface area contributed by atoms with Crippen LogP contribution in [0.2, 0.25) is 0 Å². The minimum Gasteiger partial charge on any atom is -0.396 e. The van der Waals surface area contributed by atoms with E-state index in [0.717, 1.165) is 30.9 Å². The Morgan fingerprint density at radius 3 is 2.50 bits per heavy atom. The predicted octanol–water partition coefficient (Wildman–Crippen LogP) is 0.858. The zero-order valence-electron chi connectivity index (χ0n) is 8.77. The summed E-state index contributed by atoms with van der Waals surface area (Å²) in [7, 11) is 1.93. The first-order valence-corrected chi connectivity index (χ1v) is 4.90. The SMILES string of the molecule is CCc1cnc(N(C)CCCO)nc1. The normalized spacial score (nSPS) is 10.2. The molecule has 14 heavy (non-hydrogen) atoms. The summed E-state index contributed by atoms with van der Waals surface area (Å²) in [4.78, 5) is 10.4. The van der Waals surface area contributed by atoms with E-state index < -0.39 is 0 Å². The number of aliphatic hydroxyl groups is 1. The van der Waals surface area contributed by atoms with E-state index in [0.29, 0.717) is 0 Å². The van der Waals surface area contributed by atoms with Gasteiger partial charge in [-0.05, 0) is 18.4 Å². The van der Waals surface area contributed by atoms with Gasteiger partial charge >= 0.3 is 0 Å². The van der Waals surface area contributed by atoms with Crippen LogP contribution < -0.4 is 4.90 Å². The van der Waals surface area contributed by atoms with Gasteiger partial charge in [0, 0.05) is 32.6 Å². The topological polar surface area (TPSA) is 49.2 Å². The Balaban J connectivity index is 2.57. The predicted molar refractivity (Wildman–Crippen MR) is 56.4 cm³/mol. The van der Waals surface area contributed by atoms with Gasteiger partial charge < -0.3 is 10.0 Å². The lowest BCUT2D eigenvalue weighted by molar-refractivity contribution is 0.290. The third-order valence-corrected chi connectivity index (χ3v) is 2.09. The van der Waals surface area contributed by atoms with Crippen molar-refractivity contribution in [1.82, 2.24) is 9.97 Å². The molecule has 4 nitrogen and oxygen atoms in total. The molecule has 78 valence electrons. The van der Waals surface area contributed by atoms with Crippen LogP contribution in [0.5, 0.6) is 0 Å². The zero-order chi connectivity index (χ0) is 10.4. The lowest BCUT2D eigenvalue weighted by Crippen LogP contribution is -2.21. The quantitative estimate of drug-likeness (QED) is 0.757. The first-order valence-electron chi connectivity index (χ1n) is 4.90. The van der Waals surface area contributed by atoms with Crippen molar-refractivity contribution in [2.75, 3.05) is 25.1 Å². The van der Waals surface area contributed by atoms with Crippen molar-refractivity contribution < 1.29 is 5.11 Å². The van der Waals surface area contributed by atoms with Gasteiger partial charge in [0.1, 0.15) is 0 Å². The molecule has 0 radical (unpaired) electrons. The van der Waals surface area contributed by atoms with Crippen LogP contribution in [0.4, 0.5) is 5.95 Å². The molecule has 0 aliphatic rings. The molecular weight excluding hydrogens is 178 g/mol. The first-order chi connectivity index (χ1) is 6.77. The summed E-state index contributed by atoms with van der Waals surface area (Å²) >= 11 is 0. The third kappa shape index (κ3) is 2.96. The van der Waals surface area contributed by atoms with Crippen LogP contribution in [0.3, 0.4) is 0 Å². The Labute approximate surface area is 84.6 Å². The number of hydrogen-bond donors (Lipinski definition) is 1. The number of rotatable bonds is 5. The molecule has 0 aromatic carbocycles. The molecule has 0 bridgehead atoms. The summed E-state index contributed by atoms with van der Waals surface area (Å²) < 4.78 is 0. The fourth-order valence-corrected chi connectivity index (χ4v) is 1.14. The second-order valence-corrected chi connectivity index (χ2v) is 3.24. The minimum absolute atomic E-state index is 0.206. The van der Waals surface area contributed by atoms with E-state index in [-0.39, 0.29) is 6.61 Å². The van der Waals surface area contributed by atoms with Crippen molar-refractivity contribution in [2.45, 2.75) is 19.8 Å². The molecule has 0 spiro atoms. The van der Waals surface area contributed by atoms with E-state index in [1.165, 1.54) is 0 Å². The van der Waals surface area contributed by atoms with Crippen molar-refractivity contribution in [2.24, 2.45) is 0 Å². The van der Waals surface area contributed by atoms with Gasteiger partial charge in [0.05, 0.1) is 0 Å². The first kappa shape index (κ1) is 10.9. The molecule has 1 heterocycles. The van der Waals surface area contributed by atoms with Gasteiger partial charge in [0.25, 0.3) is 0 Å². The molecule has 1 aromatic heterocycles. The van der Waals surface area contributed by atoms with E-state index in [2.05, 4.69) is 16.9 Å². The van der Waals surface area contributed by atoms with E-state index in [4.69, 9.17) is 5.11 Å². The maximum atomic E-state index is 8.68. The monoisotopic (exact) mass is 195 g/mol. The lowest BCUT2D eigenvalue weighted by Gasteiger charge is -2.15. The smallest absolute Gasteiger partial charge is 0.224 e. The third-order valence-electron chi connectivity index (χ3n) is 2.09. The number of hydrogen-bond acceptors (Lipinski definition) is 4. The van der Waals surface area contributed by atoms with Crippen molar-refractivity contribution >= 4 is 5.95 Å². The van der Waals surface area contributed by atoms with Gasteiger partial charge in [0.2, 0.25) is 5.95 Å². The Morgan fingerprint density at radius 2 is 2.00 bits per heavy atom. The number of aliphatic hydroxyl groups excluding tert-OH is 1. The van der Waals surface area contributed by atoms with Crippen LogP contribution in [0.15, 0.2) is 12.4 Å². The number of nitrogens with zero attached hydrogens (tertiary/aromatic N) is 3. The van der Waals surface area contributed by atoms with Crippen LogP contribution in [-0.2, 0) is 6.42 Å². The second kappa shape index (κ2) is 5.54. The van der Waals surface area contributed by atoms with Crippen LogP contribution in [0.1, 0.15) is 18.9 Å². The molecular formula is C10H17N3O. The Bertz CT molecular complexity index is 261. The van der Waals surface area contributed by atoms with Crippen molar-refractivity contribution in [3.05, 3.63) is 18.0 Å². The van der Waals surface area contributed by atoms with E-state index in [9.17, 15) is 0 Å².